The summed E-state index contributed by atoms with van der Waals surface area (Å²) in [5.74, 6) is 0.203. The van der Waals surface area contributed by atoms with Crippen molar-refractivity contribution < 1.29 is 24.0 Å². The lowest BCUT2D eigenvalue weighted by Crippen LogP contribution is -3.07. The Kier molecular flexibility index (Phi) is 8.90. The number of hydrogen-bond acceptors (Lipinski definition) is 4. The molecule has 1 atom stereocenters. The van der Waals surface area contributed by atoms with Crippen molar-refractivity contribution in [2.24, 2.45) is 0 Å². The van der Waals surface area contributed by atoms with Gasteiger partial charge in [0.15, 0.2) is 6.61 Å². The van der Waals surface area contributed by atoms with Gasteiger partial charge in [0.1, 0.15) is 17.5 Å². The quantitative estimate of drug-likeness (QED) is 0.415. The molecule has 0 fully saturated rings. The molecular formula is C26H29ClN3O4+. The van der Waals surface area contributed by atoms with Crippen LogP contribution in [0.15, 0.2) is 72.8 Å². The monoisotopic (exact) mass is 482 g/mol. The van der Waals surface area contributed by atoms with Crippen LogP contribution >= 0.6 is 11.6 Å². The van der Waals surface area contributed by atoms with Crippen LogP contribution in [-0.4, -0.2) is 46.2 Å². The van der Waals surface area contributed by atoms with Gasteiger partial charge in [0.05, 0.1) is 38.3 Å². The Morgan fingerprint density at radius 2 is 1.68 bits per heavy atom. The number of benzene rings is 3. The summed E-state index contributed by atoms with van der Waals surface area (Å²) in [5, 5.41) is 6.10. The molecule has 0 aliphatic heterocycles. The van der Waals surface area contributed by atoms with Crippen LogP contribution in [0.3, 0.4) is 0 Å². The van der Waals surface area contributed by atoms with Crippen molar-refractivity contribution in [1.29, 1.82) is 0 Å². The fourth-order valence-corrected chi connectivity index (χ4v) is 3.75. The first-order valence-corrected chi connectivity index (χ1v) is 11.2. The average molecular weight is 483 g/mol. The summed E-state index contributed by atoms with van der Waals surface area (Å²) in [6.07, 6.45) is 0. The summed E-state index contributed by atoms with van der Waals surface area (Å²) >= 11 is 6.10. The highest BCUT2D eigenvalue weighted by atomic mass is 35.5. The normalized spacial score (nSPS) is 11.6. The highest BCUT2D eigenvalue weighted by Gasteiger charge is 2.20. The van der Waals surface area contributed by atoms with Gasteiger partial charge in [-0.05, 0) is 30.3 Å². The predicted molar refractivity (Wildman–Crippen MR) is 133 cm³/mol. The van der Waals surface area contributed by atoms with E-state index in [-0.39, 0.29) is 24.5 Å². The Morgan fingerprint density at radius 1 is 0.971 bits per heavy atom. The zero-order valence-electron chi connectivity index (χ0n) is 19.4. The molecule has 0 bridgehead atoms. The lowest BCUT2D eigenvalue weighted by atomic mass is 10.1. The molecule has 7 nitrogen and oxygen atoms in total. The van der Waals surface area contributed by atoms with E-state index in [1.165, 1.54) is 12.0 Å². The zero-order chi connectivity index (χ0) is 24.5. The Labute approximate surface area is 204 Å². The van der Waals surface area contributed by atoms with Crippen molar-refractivity contribution in [2.45, 2.75) is 6.04 Å². The van der Waals surface area contributed by atoms with E-state index < -0.39 is 0 Å². The standard InChI is InChI=1S/C26H28ClN3O4/c1-30(2)22(18-9-5-4-6-10-18)16-28-26(32)20-11-7-8-12-23(20)34-17-25(31)29-19-13-14-24(33-3)21(27)15-19/h4-15,22H,16-17H2,1-3H3,(H,28,32)(H,29,31)/p+1/t22-/m1/s1. The molecular weight excluding hydrogens is 454 g/mol. The smallest absolute Gasteiger partial charge is 0.262 e. The summed E-state index contributed by atoms with van der Waals surface area (Å²) in [6.45, 7) is 0.195. The van der Waals surface area contributed by atoms with Crippen molar-refractivity contribution in [2.75, 3.05) is 39.7 Å². The van der Waals surface area contributed by atoms with Crippen LogP contribution in [0.25, 0.3) is 0 Å². The van der Waals surface area contributed by atoms with Crippen LogP contribution in [0.4, 0.5) is 5.69 Å². The number of para-hydroxylation sites is 1. The van der Waals surface area contributed by atoms with E-state index in [1.54, 1.807) is 42.5 Å². The van der Waals surface area contributed by atoms with Crippen LogP contribution in [0.2, 0.25) is 5.02 Å². The van der Waals surface area contributed by atoms with Crippen molar-refractivity contribution in [1.82, 2.24) is 5.32 Å². The number of hydrogen-bond donors (Lipinski definition) is 3. The van der Waals surface area contributed by atoms with Crippen LogP contribution in [0.1, 0.15) is 22.0 Å². The highest BCUT2D eigenvalue weighted by Crippen LogP contribution is 2.27. The predicted octanol–water partition coefficient (Wildman–Crippen LogP) is 2.98. The summed E-state index contributed by atoms with van der Waals surface area (Å²) in [4.78, 5) is 26.5. The van der Waals surface area contributed by atoms with Crippen molar-refractivity contribution in [3.63, 3.8) is 0 Å². The van der Waals surface area contributed by atoms with Gasteiger partial charge in [0, 0.05) is 11.3 Å². The Bertz CT molecular complexity index is 1120. The lowest BCUT2D eigenvalue weighted by Gasteiger charge is -2.22. The molecule has 0 spiro atoms. The minimum Gasteiger partial charge on any atom is -0.495 e. The van der Waals surface area contributed by atoms with Gasteiger partial charge in [0.2, 0.25) is 0 Å². The maximum atomic E-state index is 12.9. The Balaban J connectivity index is 1.60. The van der Waals surface area contributed by atoms with Gasteiger partial charge in [0.25, 0.3) is 11.8 Å². The summed E-state index contributed by atoms with van der Waals surface area (Å²) in [5.41, 5.74) is 2.02. The van der Waals surface area contributed by atoms with E-state index in [0.717, 1.165) is 5.56 Å². The van der Waals surface area contributed by atoms with E-state index in [0.29, 0.717) is 34.3 Å². The SMILES string of the molecule is COc1ccc(NC(=O)COc2ccccc2C(=O)NC[C@H](c2ccccc2)[NH+](C)C)cc1Cl. The molecule has 3 aromatic carbocycles. The van der Waals surface area contributed by atoms with Gasteiger partial charge in [-0.1, -0.05) is 54.1 Å². The van der Waals surface area contributed by atoms with Crippen LogP contribution in [0, 0.1) is 0 Å². The van der Waals surface area contributed by atoms with Gasteiger partial charge in [-0.2, -0.15) is 0 Å². The number of methoxy groups -OCH3 is 1. The van der Waals surface area contributed by atoms with Gasteiger partial charge in [-0.15, -0.1) is 0 Å². The van der Waals surface area contributed by atoms with Crippen molar-refractivity contribution in [3.8, 4) is 11.5 Å². The van der Waals surface area contributed by atoms with E-state index >= 15 is 0 Å². The van der Waals surface area contributed by atoms with E-state index in [9.17, 15) is 9.59 Å². The zero-order valence-corrected chi connectivity index (χ0v) is 20.2. The molecule has 178 valence electrons. The molecule has 0 saturated heterocycles. The largest absolute Gasteiger partial charge is 0.495 e. The summed E-state index contributed by atoms with van der Waals surface area (Å²) < 4.78 is 10.8. The van der Waals surface area contributed by atoms with Crippen LogP contribution < -0.4 is 25.0 Å². The molecule has 0 radical (unpaired) electrons. The fraction of sp³-hybridized carbons (Fsp3) is 0.231. The lowest BCUT2D eigenvalue weighted by molar-refractivity contribution is -0.890. The summed E-state index contributed by atoms with van der Waals surface area (Å²) in [6, 6.07) is 21.9. The average Bonchev–Trinajstić information content (AvgIpc) is 2.83. The van der Waals surface area contributed by atoms with Gasteiger partial charge < -0.3 is 25.0 Å². The highest BCUT2D eigenvalue weighted by molar-refractivity contribution is 6.32. The molecule has 3 N–H and O–H groups in total. The van der Waals surface area contributed by atoms with E-state index in [4.69, 9.17) is 21.1 Å². The molecule has 0 aliphatic rings. The van der Waals surface area contributed by atoms with Crippen molar-refractivity contribution in [3.05, 3.63) is 88.9 Å². The number of rotatable bonds is 10. The van der Waals surface area contributed by atoms with Gasteiger partial charge >= 0.3 is 0 Å². The number of nitrogens with one attached hydrogen (secondary N) is 3. The number of quaternary nitrogens is 1. The minimum absolute atomic E-state index is 0.0975. The topological polar surface area (TPSA) is 81.1 Å². The molecule has 0 unspecified atom stereocenters. The third kappa shape index (κ3) is 6.73. The maximum absolute atomic E-state index is 12.9. The molecule has 34 heavy (non-hydrogen) atoms. The molecule has 0 saturated carbocycles. The second-order valence-electron chi connectivity index (χ2n) is 7.93. The van der Waals surface area contributed by atoms with E-state index in [2.05, 4.69) is 36.9 Å². The number of likely N-dealkylation sites (N-methyl/N-ethyl adjacent to an activating group) is 1. The summed E-state index contributed by atoms with van der Waals surface area (Å²) in [7, 11) is 5.62. The number of halogens is 1. The number of ether oxygens (including phenoxy) is 2. The first-order valence-electron chi connectivity index (χ1n) is 10.9. The minimum atomic E-state index is -0.378. The number of carbonyl (C=O) groups excluding carboxylic acids is 2. The third-order valence-electron chi connectivity index (χ3n) is 5.29. The number of anilines is 1. The fourth-order valence-electron chi connectivity index (χ4n) is 3.50. The molecule has 0 aliphatic carbocycles. The van der Waals surface area contributed by atoms with Crippen molar-refractivity contribution >= 4 is 29.1 Å². The molecule has 0 aromatic heterocycles. The van der Waals surface area contributed by atoms with Gasteiger partial charge in [-0.25, -0.2) is 0 Å². The second-order valence-corrected chi connectivity index (χ2v) is 8.34. The third-order valence-corrected chi connectivity index (χ3v) is 5.59. The van der Waals surface area contributed by atoms with Crippen LogP contribution in [-0.2, 0) is 4.79 Å². The molecule has 8 heteroatoms. The first-order chi connectivity index (χ1) is 16.4. The van der Waals surface area contributed by atoms with Crippen LogP contribution in [0.5, 0.6) is 11.5 Å². The Morgan fingerprint density at radius 3 is 2.35 bits per heavy atom. The number of carbonyl (C=O) groups is 2. The molecule has 3 rings (SSSR count). The second kappa shape index (κ2) is 12.1. The first kappa shape index (κ1) is 25.1. The van der Waals surface area contributed by atoms with Gasteiger partial charge in [-0.3, -0.25) is 9.59 Å². The molecule has 3 aromatic rings. The van der Waals surface area contributed by atoms with E-state index in [1.807, 2.05) is 18.2 Å². The molecule has 2 amide bonds. The number of amides is 2. The Hall–Kier alpha value is -3.55. The maximum Gasteiger partial charge on any atom is 0.262 e. The molecule has 0 heterocycles.